The van der Waals surface area contributed by atoms with Crippen molar-refractivity contribution in [2.75, 3.05) is 5.32 Å². The number of hydrogen-bond donors (Lipinski definition) is 1. The molecule has 0 radical (unpaired) electrons. The largest absolute Gasteiger partial charge is 0.325 e. The van der Waals surface area contributed by atoms with Gasteiger partial charge in [-0.2, -0.15) is 0 Å². The quantitative estimate of drug-likeness (QED) is 0.796. The number of carbonyl (C=O) groups is 1. The minimum absolute atomic E-state index is 0.00852. The highest BCUT2D eigenvalue weighted by molar-refractivity contribution is 5.92. The van der Waals surface area contributed by atoms with Gasteiger partial charge in [0.2, 0.25) is 5.91 Å². The summed E-state index contributed by atoms with van der Waals surface area (Å²) in [6.45, 7) is 2.36. The Morgan fingerprint density at radius 3 is 2.88 bits per heavy atom. The fourth-order valence-electron chi connectivity index (χ4n) is 3.57. The summed E-state index contributed by atoms with van der Waals surface area (Å²) in [5.41, 5.74) is 5.64. The number of aryl methyl sites for hydroxylation is 3. The third kappa shape index (κ3) is 2.68. The number of anilines is 1. The van der Waals surface area contributed by atoms with Crippen molar-refractivity contribution in [2.24, 2.45) is 0 Å². The molecule has 2 aromatic carbocycles. The van der Waals surface area contributed by atoms with Crippen LogP contribution in [0.5, 0.6) is 0 Å². The van der Waals surface area contributed by atoms with Crippen LogP contribution in [0.15, 0.2) is 42.5 Å². The Morgan fingerprint density at radius 1 is 1.17 bits per heavy atom. The molecule has 122 valence electrons. The molecule has 0 aliphatic heterocycles. The summed E-state index contributed by atoms with van der Waals surface area (Å²) in [5, 5.41) is 3.04. The number of amides is 1. The molecular formula is C20H21N3O. The molecule has 24 heavy (non-hydrogen) atoms. The molecule has 0 spiro atoms. The normalized spacial score (nSPS) is 13.2. The van der Waals surface area contributed by atoms with Crippen LogP contribution in [-0.2, 0) is 30.6 Å². The lowest BCUT2D eigenvalue weighted by Crippen LogP contribution is -2.20. The van der Waals surface area contributed by atoms with Crippen LogP contribution in [0.2, 0.25) is 0 Å². The number of aromatic nitrogens is 2. The zero-order chi connectivity index (χ0) is 16.5. The molecule has 0 saturated carbocycles. The molecule has 0 saturated heterocycles. The lowest BCUT2D eigenvalue weighted by atomic mass is 10.1. The van der Waals surface area contributed by atoms with E-state index in [0.717, 1.165) is 41.8 Å². The molecule has 0 unspecified atom stereocenters. The number of hydrogen-bond acceptors (Lipinski definition) is 2. The summed E-state index contributed by atoms with van der Waals surface area (Å²) in [7, 11) is 0. The minimum atomic E-state index is -0.00852. The average molecular weight is 319 g/mol. The lowest BCUT2D eigenvalue weighted by molar-refractivity contribution is -0.116. The molecule has 0 fully saturated rings. The Morgan fingerprint density at radius 2 is 2.00 bits per heavy atom. The van der Waals surface area contributed by atoms with Crippen LogP contribution >= 0.6 is 0 Å². The van der Waals surface area contributed by atoms with E-state index in [1.807, 2.05) is 34.9 Å². The van der Waals surface area contributed by atoms with E-state index in [1.165, 1.54) is 17.5 Å². The van der Waals surface area contributed by atoms with Crippen molar-refractivity contribution in [3.05, 3.63) is 59.4 Å². The SMILES string of the molecule is CCc1nc2ccccc2n1CC(=O)Nc1ccc2c(c1)CCC2. The van der Waals surface area contributed by atoms with Crippen LogP contribution in [-0.4, -0.2) is 15.5 Å². The summed E-state index contributed by atoms with van der Waals surface area (Å²) in [5.74, 6) is 0.936. The zero-order valence-corrected chi connectivity index (χ0v) is 13.9. The Hall–Kier alpha value is -2.62. The molecule has 1 aromatic heterocycles. The summed E-state index contributed by atoms with van der Waals surface area (Å²) in [6.07, 6.45) is 4.30. The van der Waals surface area contributed by atoms with Gasteiger partial charge in [0, 0.05) is 12.1 Å². The molecule has 3 aromatic rings. The highest BCUT2D eigenvalue weighted by Gasteiger charge is 2.14. The van der Waals surface area contributed by atoms with E-state index in [4.69, 9.17) is 0 Å². The molecular weight excluding hydrogens is 298 g/mol. The first-order valence-corrected chi connectivity index (χ1v) is 8.60. The number of nitrogens with zero attached hydrogens (tertiary/aromatic N) is 2. The number of fused-ring (bicyclic) bond motifs is 2. The maximum Gasteiger partial charge on any atom is 0.244 e. The number of para-hydroxylation sites is 2. The van der Waals surface area contributed by atoms with Crippen LogP contribution in [0.25, 0.3) is 11.0 Å². The minimum Gasteiger partial charge on any atom is -0.325 e. The van der Waals surface area contributed by atoms with Gasteiger partial charge in [-0.05, 0) is 54.7 Å². The monoisotopic (exact) mass is 319 g/mol. The Kier molecular flexibility index (Phi) is 3.81. The van der Waals surface area contributed by atoms with Gasteiger partial charge in [0.15, 0.2) is 0 Å². The van der Waals surface area contributed by atoms with Gasteiger partial charge in [0.05, 0.1) is 11.0 Å². The van der Waals surface area contributed by atoms with Gasteiger partial charge in [0.25, 0.3) is 0 Å². The predicted molar refractivity (Wildman–Crippen MR) is 96.2 cm³/mol. The first kappa shape index (κ1) is 14.9. The highest BCUT2D eigenvalue weighted by Crippen LogP contribution is 2.25. The number of benzene rings is 2. The second kappa shape index (κ2) is 6.11. The number of nitrogens with one attached hydrogen (secondary N) is 1. The highest BCUT2D eigenvalue weighted by atomic mass is 16.1. The van der Waals surface area contributed by atoms with Crippen LogP contribution in [0.1, 0.15) is 30.3 Å². The molecule has 1 N–H and O–H groups in total. The van der Waals surface area contributed by atoms with Crippen LogP contribution in [0.3, 0.4) is 0 Å². The molecule has 1 aliphatic rings. The van der Waals surface area contributed by atoms with Crippen LogP contribution in [0, 0.1) is 0 Å². The second-order valence-corrected chi connectivity index (χ2v) is 6.34. The van der Waals surface area contributed by atoms with Crippen molar-refractivity contribution in [3.8, 4) is 0 Å². The van der Waals surface area contributed by atoms with Gasteiger partial charge in [-0.3, -0.25) is 4.79 Å². The fraction of sp³-hybridized carbons (Fsp3) is 0.300. The van der Waals surface area contributed by atoms with Gasteiger partial charge in [0.1, 0.15) is 12.4 Å². The Balaban J connectivity index is 1.56. The van der Waals surface area contributed by atoms with E-state index in [-0.39, 0.29) is 5.91 Å². The maximum absolute atomic E-state index is 12.5. The first-order valence-electron chi connectivity index (χ1n) is 8.60. The van der Waals surface area contributed by atoms with Crippen molar-refractivity contribution in [3.63, 3.8) is 0 Å². The first-order chi connectivity index (χ1) is 11.7. The summed E-state index contributed by atoms with van der Waals surface area (Å²) in [6, 6.07) is 14.2. The molecule has 4 heteroatoms. The molecule has 0 bridgehead atoms. The summed E-state index contributed by atoms with van der Waals surface area (Å²) >= 11 is 0. The van der Waals surface area contributed by atoms with E-state index in [2.05, 4.69) is 29.4 Å². The van der Waals surface area contributed by atoms with Crippen LogP contribution < -0.4 is 5.32 Å². The third-order valence-electron chi connectivity index (χ3n) is 4.73. The number of carbonyl (C=O) groups excluding carboxylic acids is 1. The van der Waals surface area contributed by atoms with Crippen molar-refractivity contribution in [1.29, 1.82) is 0 Å². The van der Waals surface area contributed by atoms with Crippen LogP contribution in [0.4, 0.5) is 5.69 Å². The Bertz CT molecular complexity index is 910. The van der Waals surface area contributed by atoms with Gasteiger partial charge in [-0.1, -0.05) is 25.1 Å². The number of rotatable bonds is 4. The lowest BCUT2D eigenvalue weighted by Gasteiger charge is -2.10. The average Bonchev–Trinajstić information content (AvgIpc) is 3.19. The predicted octanol–water partition coefficient (Wildman–Crippen LogP) is 3.73. The van der Waals surface area contributed by atoms with Crippen molar-refractivity contribution in [1.82, 2.24) is 9.55 Å². The molecule has 0 atom stereocenters. The Labute approximate surface area is 141 Å². The molecule has 1 heterocycles. The fourth-order valence-corrected chi connectivity index (χ4v) is 3.57. The van der Waals surface area contributed by atoms with Gasteiger partial charge >= 0.3 is 0 Å². The van der Waals surface area contributed by atoms with Crippen molar-refractivity contribution < 1.29 is 4.79 Å². The number of imidazole rings is 1. The van der Waals surface area contributed by atoms with E-state index in [0.29, 0.717) is 6.54 Å². The van der Waals surface area contributed by atoms with Gasteiger partial charge in [-0.15, -0.1) is 0 Å². The smallest absolute Gasteiger partial charge is 0.244 e. The van der Waals surface area contributed by atoms with E-state index >= 15 is 0 Å². The summed E-state index contributed by atoms with van der Waals surface area (Å²) in [4.78, 5) is 17.2. The van der Waals surface area contributed by atoms with Gasteiger partial charge in [-0.25, -0.2) is 4.98 Å². The van der Waals surface area contributed by atoms with Crippen molar-refractivity contribution >= 4 is 22.6 Å². The van der Waals surface area contributed by atoms with E-state index in [1.54, 1.807) is 0 Å². The van der Waals surface area contributed by atoms with E-state index in [9.17, 15) is 4.79 Å². The molecule has 4 rings (SSSR count). The summed E-state index contributed by atoms with van der Waals surface area (Å²) < 4.78 is 2.01. The maximum atomic E-state index is 12.5. The van der Waals surface area contributed by atoms with E-state index < -0.39 is 0 Å². The molecule has 4 nitrogen and oxygen atoms in total. The molecule has 1 amide bonds. The van der Waals surface area contributed by atoms with Gasteiger partial charge < -0.3 is 9.88 Å². The van der Waals surface area contributed by atoms with Crippen molar-refractivity contribution in [2.45, 2.75) is 39.2 Å². The third-order valence-corrected chi connectivity index (χ3v) is 4.73. The second-order valence-electron chi connectivity index (χ2n) is 6.34. The topological polar surface area (TPSA) is 46.9 Å². The zero-order valence-electron chi connectivity index (χ0n) is 13.9. The molecule has 1 aliphatic carbocycles. The standard InChI is InChI=1S/C20H21N3O/c1-2-19-22-17-8-3-4-9-18(17)23(19)13-20(24)21-16-11-10-14-6-5-7-15(14)12-16/h3-4,8-12H,2,5-7,13H2,1H3,(H,21,24).